The molecule has 0 heterocycles. The number of aliphatic hydroxyl groups is 1. The van der Waals surface area contributed by atoms with E-state index in [0.717, 1.165) is 22.1 Å². The molecule has 2 heteroatoms. The number of methoxy groups -OCH3 is 1. The molecular weight excluding hydrogens is 236 g/mol. The van der Waals surface area contributed by atoms with Crippen LogP contribution in [-0.4, -0.2) is 12.2 Å². The maximum atomic E-state index is 10.4. The van der Waals surface area contributed by atoms with Crippen LogP contribution in [0.4, 0.5) is 0 Å². The van der Waals surface area contributed by atoms with Crippen molar-refractivity contribution in [2.45, 2.75) is 26.9 Å². The molecule has 102 valence electrons. The average Bonchev–Trinajstić information content (AvgIpc) is 2.44. The molecule has 0 amide bonds. The van der Waals surface area contributed by atoms with Gasteiger partial charge in [-0.1, -0.05) is 39.0 Å². The van der Waals surface area contributed by atoms with Gasteiger partial charge in [-0.3, -0.25) is 0 Å². The summed E-state index contributed by atoms with van der Waals surface area (Å²) in [4.78, 5) is 0. The van der Waals surface area contributed by atoms with Gasteiger partial charge in [0, 0.05) is 0 Å². The lowest BCUT2D eigenvalue weighted by Gasteiger charge is -2.22. The van der Waals surface area contributed by atoms with Crippen LogP contribution in [0.3, 0.4) is 0 Å². The molecule has 1 N–H and O–H groups in total. The Morgan fingerprint density at radius 3 is 2.21 bits per heavy atom. The van der Waals surface area contributed by atoms with Gasteiger partial charge in [0.1, 0.15) is 5.75 Å². The second-order valence-electron chi connectivity index (χ2n) is 5.52. The fraction of sp³-hybridized carbons (Fsp3) is 0.412. The Labute approximate surface area is 115 Å². The van der Waals surface area contributed by atoms with Crippen molar-refractivity contribution in [2.24, 2.45) is 11.8 Å². The predicted octanol–water partition coefficient (Wildman–Crippen LogP) is 4.17. The molecule has 2 rings (SSSR count). The van der Waals surface area contributed by atoms with Gasteiger partial charge in [-0.2, -0.15) is 0 Å². The van der Waals surface area contributed by atoms with E-state index in [1.165, 1.54) is 0 Å². The normalized spacial score (nSPS) is 14.6. The average molecular weight is 258 g/mol. The molecule has 2 aromatic carbocycles. The van der Waals surface area contributed by atoms with Crippen LogP contribution in [0.25, 0.3) is 10.8 Å². The van der Waals surface area contributed by atoms with E-state index in [1.54, 1.807) is 7.11 Å². The summed E-state index contributed by atoms with van der Waals surface area (Å²) in [5.74, 6) is 1.56. The van der Waals surface area contributed by atoms with E-state index in [2.05, 4.69) is 26.8 Å². The SMILES string of the molecule is COc1ccc2cc(C(O)C(C)C(C)C)ccc2c1. The highest BCUT2D eigenvalue weighted by Crippen LogP contribution is 2.30. The highest BCUT2D eigenvalue weighted by Gasteiger charge is 2.19. The number of benzene rings is 2. The Balaban J connectivity index is 2.36. The van der Waals surface area contributed by atoms with E-state index in [1.807, 2.05) is 30.3 Å². The largest absolute Gasteiger partial charge is 0.497 e. The van der Waals surface area contributed by atoms with Gasteiger partial charge in [-0.05, 0) is 46.4 Å². The van der Waals surface area contributed by atoms with E-state index in [0.29, 0.717) is 5.92 Å². The van der Waals surface area contributed by atoms with Crippen molar-refractivity contribution >= 4 is 10.8 Å². The molecule has 0 aliphatic carbocycles. The molecule has 2 aromatic rings. The van der Waals surface area contributed by atoms with E-state index in [4.69, 9.17) is 4.74 Å². The third-order valence-electron chi connectivity index (χ3n) is 3.96. The quantitative estimate of drug-likeness (QED) is 0.891. The summed E-state index contributed by atoms with van der Waals surface area (Å²) < 4.78 is 5.22. The maximum Gasteiger partial charge on any atom is 0.119 e. The molecule has 0 saturated heterocycles. The van der Waals surface area contributed by atoms with E-state index in [-0.39, 0.29) is 5.92 Å². The molecule has 19 heavy (non-hydrogen) atoms. The zero-order valence-electron chi connectivity index (χ0n) is 12.1. The van der Waals surface area contributed by atoms with Crippen molar-refractivity contribution in [1.29, 1.82) is 0 Å². The smallest absolute Gasteiger partial charge is 0.119 e. The van der Waals surface area contributed by atoms with Crippen LogP contribution in [0.15, 0.2) is 36.4 Å². The fourth-order valence-electron chi connectivity index (χ4n) is 2.22. The van der Waals surface area contributed by atoms with Crippen LogP contribution in [0, 0.1) is 11.8 Å². The zero-order chi connectivity index (χ0) is 14.0. The van der Waals surface area contributed by atoms with Gasteiger partial charge < -0.3 is 9.84 Å². The number of ether oxygens (including phenoxy) is 1. The molecule has 0 radical (unpaired) electrons. The molecule has 2 unspecified atom stereocenters. The summed E-state index contributed by atoms with van der Waals surface area (Å²) in [7, 11) is 1.67. The number of fused-ring (bicyclic) bond motifs is 1. The predicted molar refractivity (Wildman–Crippen MR) is 79.5 cm³/mol. The van der Waals surface area contributed by atoms with Crippen LogP contribution in [0.5, 0.6) is 5.75 Å². The Hall–Kier alpha value is -1.54. The Kier molecular flexibility index (Phi) is 4.11. The number of hydrogen-bond acceptors (Lipinski definition) is 2. The first-order chi connectivity index (χ1) is 9.02. The van der Waals surface area contributed by atoms with Crippen LogP contribution >= 0.6 is 0 Å². The first-order valence-corrected chi connectivity index (χ1v) is 6.78. The first-order valence-electron chi connectivity index (χ1n) is 6.78. The summed E-state index contributed by atoms with van der Waals surface area (Å²) in [5, 5.41) is 12.7. The van der Waals surface area contributed by atoms with Crippen molar-refractivity contribution in [3.63, 3.8) is 0 Å². The van der Waals surface area contributed by atoms with Crippen molar-refractivity contribution in [2.75, 3.05) is 7.11 Å². The maximum absolute atomic E-state index is 10.4. The van der Waals surface area contributed by atoms with Gasteiger partial charge >= 0.3 is 0 Å². The van der Waals surface area contributed by atoms with Crippen LogP contribution in [0.2, 0.25) is 0 Å². The lowest BCUT2D eigenvalue weighted by molar-refractivity contribution is 0.0922. The monoisotopic (exact) mass is 258 g/mol. The third kappa shape index (κ3) is 2.90. The highest BCUT2D eigenvalue weighted by molar-refractivity contribution is 5.84. The Morgan fingerprint density at radius 1 is 0.947 bits per heavy atom. The summed E-state index contributed by atoms with van der Waals surface area (Å²) in [6.45, 7) is 6.37. The molecule has 0 saturated carbocycles. The van der Waals surface area contributed by atoms with Gasteiger partial charge in [0.15, 0.2) is 0 Å². The molecular formula is C17H22O2. The minimum absolute atomic E-state index is 0.246. The fourth-order valence-corrected chi connectivity index (χ4v) is 2.22. The topological polar surface area (TPSA) is 29.5 Å². The molecule has 0 bridgehead atoms. The van der Waals surface area contributed by atoms with Gasteiger partial charge in [-0.25, -0.2) is 0 Å². The van der Waals surface area contributed by atoms with Crippen molar-refractivity contribution < 1.29 is 9.84 Å². The van der Waals surface area contributed by atoms with Crippen LogP contribution in [-0.2, 0) is 0 Å². The van der Waals surface area contributed by atoms with Gasteiger partial charge in [0.2, 0.25) is 0 Å². The summed E-state index contributed by atoms with van der Waals surface area (Å²) in [6, 6.07) is 12.1. The minimum atomic E-state index is -0.411. The summed E-state index contributed by atoms with van der Waals surface area (Å²) >= 11 is 0. The molecule has 0 aromatic heterocycles. The van der Waals surface area contributed by atoms with E-state index < -0.39 is 6.10 Å². The first kappa shape index (κ1) is 13.9. The van der Waals surface area contributed by atoms with Crippen LogP contribution < -0.4 is 4.74 Å². The summed E-state index contributed by atoms with van der Waals surface area (Å²) in [5.41, 5.74) is 0.985. The Bertz CT molecular complexity index is 560. The number of aliphatic hydroxyl groups excluding tert-OH is 1. The molecule has 0 aliphatic rings. The van der Waals surface area contributed by atoms with Crippen molar-refractivity contribution in [3.05, 3.63) is 42.0 Å². The molecule has 0 fully saturated rings. The number of rotatable bonds is 4. The highest BCUT2D eigenvalue weighted by atomic mass is 16.5. The van der Waals surface area contributed by atoms with Crippen LogP contribution in [0.1, 0.15) is 32.4 Å². The van der Waals surface area contributed by atoms with Gasteiger partial charge in [-0.15, -0.1) is 0 Å². The molecule has 0 spiro atoms. The van der Waals surface area contributed by atoms with Crippen molar-refractivity contribution in [3.8, 4) is 5.75 Å². The summed E-state index contributed by atoms with van der Waals surface area (Å²) in [6.07, 6.45) is -0.411. The zero-order valence-corrected chi connectivity index (χ0v) is 12.1. The van der Waals surface area contributed by atoms with Gasteiger partial charge in [0.25, 0.3) is 0 Å². The molecule has 2 atom stereocenters. The van der Waals surface area contributed by atoms with E-state index in [9.17, 15) is 5.11 Å². The minimum Gasteiger partial charge on any atom is -0.497 e. The second kappa shape index (κ2) is 5.62. The third-order valence-corrected chi connectivity index (χ3v) is 3.96. The van der Waals surface area contributed by atoms with Gasteiger partial charge in [0.05, 0.1) is 13.2 Å². The van der Waals surface area contributed by atoms with Crippen molar-refractivity contribution in [1.82, 2.24) is 0 Å². The standard InChI is InChI=1S/C17H22O2/c1-11(2)12(3)17(18)15-6-5-14-10-16(19-4)8-7-13(14)9-15/h5-12,17-18H,1-4H3. The number of hydrogen-bond donors (Lipinski definition) is 1. The molecule has 2 nitrogen and oxygen atoms in total. The lowest BCUT2D eigenvalue weighted by Crippen LogP contribution is -2.14. The lowest BCUT2D eigenvalue weighted by atomic mass is 9.87. The molecule has 0 aliphatic heterocycles. The second-order valence-corrected chi connectivity index (χ2v) is 5.52. The Morgan fingerprint density at radius 2 is 1.58 bits per heavy atom. The van der Waals surface area contributed by atoms with E-state index >= 15 is 0 Å².